The van der Waals surface area contributed by atoms with E-state index in [1.165, 1.54) is 10.3 Å². The molecule has 136 valence electrons. The molecule has 7 heteroatoms. The van der Waals surface area contributed by atoms with Gasteiger partial charge in [0.25, 0.3) is 0 Å². The van der Waals surface area contributed by atoms with Gasteiger partial charge in [-0.05, 0) is 42.1 Å². The first-order chi connectivity index (χ1) is 12.6. The number of rotatable bonds is 5. The highest BCUT2D eigenvalue weighted by Gasteiger charge is 2.20. The number of aliphatic hydroxyl groups excluding tert-OH is 1. The fourth-order valence-electron chi connectivity index (χ4n) is 2.95. The Morgan fingerprint density at radius 3 is 3.00 bits per heavy atom. The number of hydrogen-bond donors (Lipinski definition) is 2. The smallest absolute Gasteiger partial charge is 0.179 e. The Bertz CT molecular complexity index is 897. The van der Waals surface area contributed by atoms with Crippen molar-refractivity contribution in [1.29, 1.82) is 0 Å². The third-order valence-corrected chi connectivity index (χ3v) is 5.94. The molecule has 0 saturated heterocycles. The minimum atomic E-state index is -0.693. The van der Waals surface area contributed by atoms with E-state index in [1.807, 2.05) is 12.3 Å². The molecule has 2 atom stereocenters. The average molecular weight is 391 g/mol. The topological polar surface area (TPSA) is 63.6 Å². The molecule has 1 aliphatic heterocycles. The number of hydrogen-bond acceptors (Lipinski definition) is 6. The molecule has 2 N–H and O–H groups in total. The first-order valence-electron chi connectivity index (χ1n) is 8.46. The number of ether oxygens (including phenoxy) is 2. The summed E-state index contributed by atoms with van der Waals surface area (Å²) in [4.78, 5) is 5.37. The zero-order valence-corrected chi connectivity index (χ0v) is 15.8. The maximum Gasteiger partial charge on any atom is 0.179 e. The van der Waals surface area contributed by atoms with Crippen LogP contribution in [0.5, 0.6) is 11.5 Å². The summed E-state index contributed by atoms with van der Waals surface area (Å²) in [7, 11) is 0. The molecule has 0 radical (unpaired) electrons. The highest BCUT2D eigenvalue weighted by atomic mass is 35.5. The third-order valence-electron chi connectivity index (χ3n) is 4.39. The lowest BCUT2D eigenvalue weighted by Gasteiger charge is -2.22. The van der Waals surface area contributed by atoms with E-state index in [2.05, 4.69) is 23.3 Å². The zero-order valence-electron chi connectivity index (χ0n) is 14.2. The summed E-state index contributed by atoms with van der Waals surface area (Å²) in [5.41, 5.74) is 0.708. The van der Waals surface area contributed by atoms with E-state index in [1.54, 1.807) is 29.7 Å². The highest BCUT2D eigenvalue weighted by Crippen LogP contribution is 2.39. The number of benzene rings is 1. The van der Waals surface area contributed by atoms with Crippen LogP contribution in [-0.2, 0) is 0 Å². The number of fused-ring (bicyclic) bond motifs is 2. The van der Waals surface area contributed by atoms with E-state index in [0.717, 1.165) is 4.70 Å². The van der Waals surface area contributed by atoms with E-state index >= 15 is 0 Å². The first-order valence-corrected chi connectivity index (χ1v) is 9.65. The molecule has 0 aliphatic carbocycles. The minimum Gasteiger partial charge on any atom is -0.486 e. The van der Waals surface area contributed by atoms with E-state index < -0.39 is 6.10 Å². The summed E-state index contributed by atoms with van der Waals surface area (Å²) >= 11 is 7.96. The molecule has 1 aromatic carbocycles. The monoisotopic (exact) mass is 390 g/mol. The second kappa shape index (κ2) is 7.40. The lowest BCUT2D eigenvalue weighted by atomic mass is 10.1. The lowest BCUT2D eigenvalue weighted by molar-refractivity contribution is 0.161. The van der Waals surface area contributed by atoms with Gasteiger partial charge < -0.3 is 19.9 Å². The van der Waals surface area contributed by atoms with Crippen LogP contribution < -0.4 is 14.8 Å². The fraction of sp³-hybridized carbons (Fsp3) is 0.316. The Morgan fingerprint density at radius 2 is 2.15 bits per heavy atom. The molecular weight excluding hydrogens is 372 g/mol. The molecule has 0 bridgehead atoms. The van der Waals surface area contributed by atoms with Crippen molar-refractivity contribution in [2.24, 2.45) is 0 Å². The Hall–Kier alpha value is -1.86. The maximum atomic E-state index is 10.6. The van der Waals surface area contributed by atoms with Gasteiger partial charge in [-0.3, -0.25) is 4.98 Å². The Morgan fingerprint density at radius 1 is 1.31 bits per heavy atom. The number of nitrogens with zero attached hydrogens (tertiary/aromatic N) is 1. The molecule has 3 heterocycles. The summed E-state index contributed by atoms with van der Waals surface area (Å²) < 4.78 is 12.3. The van der Waals surface area contributed by atoms with E-state index in [0.29, 0.717) is 41.8 Å². The lowest BCUT2D eigenvalue weighted by Crippen LogP contribution is -2.24. The Balaban J connectivity index is 1.44. The van der Waals surface area contributed by atoms with Gasteiger partial charge in [0.1, 0.15) is 13.2 Å². The molecular formula is C19H19ClN2O3S. The van der Waals surface area contributed by atoms with Crippen LogP contribution >= 0.6 is 22.9 Å². The summed E-state index contributed by atoms with van der Waals surface area (Å²) in [5, 5.41) is 15.6. The normalized spacial score (nSPS) is 15.8. The summed E-state index contributed by atoms with van der Waals surface area (Å²) in [6, 6.07) is 7.82. The number of pyridine rings is 1. The summed E-state index contributed by atoms with van der Waals surface area (Å²) in [5.74, 6) is 1.14. The summed E-state index contributed by atoms with van der Waals surface area (Å²) in [6.07, 6.45) is 2.98. The SMILES string of the molecule is CC(NCC(O)c1cc(Cl)c2c(c1)OCCO2)c1cc2ccncc2s1. The van der Waals surface area contributed by atoms with Gasteiger partial charge in [-0.25, -0.2) is 0 Å². The number of nitrogens with one attached hydrogen (secondary N) is 1. The minimum absolute atomic E-state index is 0.120. The van der Waals surface area contributed by atoms with Crippen LogP contribution in [0.1, 0.15) is 29.5 Å². The molecule has 1 aliphatic rings. The van der Waals surface area contributed by atoms with E-state index in [4.69, 9.17) is 21.1 Å². The maximum absolute atomic E-state index is 10.6. The highest BCUT2D eigenvalue weighted by molar-refractivity contribution is 7.19. The van der Waals surface area contributed by atoms with E-state index in [9.17, 15) is 5.11 Å². The van der Waals surface area contributed by atoms with Crippen LogP contribution in [0.2, 0.25) is 5.02 Å². The zero-order chi connectivity index (χ0) is 18.1. The molecule has 4 rings (SSSR count). The second-order valence-corrected chi connectivity index (χ2v) is 7.76. The van der Waals surface area contributed by atoms with Crippen molar-refractivity contribution in [3.05, 3.63) is 52.1 Å². The van der Waals surface area contributed by atoms with Gasteiger partial charge in [-0.15, -0.1) is 11.3 Å². The predicted octanol–water partition coefficient (Wildman–Crippen LogP) is 4.11. The van der Waals surface area contributed by atoms with Gasteiger partial charge in [-0.1, -0.05) is 11.6 Å². The van der Waals surface area contributed by atoms with Crippen LogP contribution in [0.4, 0.5) is 0 Å². The molecule has 26 heavy (non-hydrogen) atoms. The molecule has 0 amide bonds. The molecule has 0 spiro atoms. The fourth-order valence-corrected chi connectivity index (χ4v) is 4.28. The van der Waals surface area contributed by atoms with Crippen molar-refractivity contribution in [2.45, 2.75) is 19.1 Å². The number of halogens is 1. The van der Waals surface area contributed by atoms with Gasteiger partial charge in [0.15, 0.2) is 11.5 Å². The standard InChI is InChI=1S/C19H19ClN2O3S/c1-11(17-8-12-2-3-21-10-18(12)26-17)22-9-15(23)13-6-14(20)19-16(7-13)24-4-5-25-19/h2-3,6-8,10-11,15,22-23H,4-5,9H2,1H3. The Kier molecular flexibility index (Phi) is 5.00. The second-order valence-electron chi connectivity index (χ2n) is 6.23. The van der Waals surface area contributed by atoms with Gasteiger partial charge in [0.2, 0.25) is 0 Å². The molecule has 2 unspecified atom stereocenters. The van der Waals surface area contributed by atoms with Crippen molar-refractivity contribution < 1.29 is 14.6 Å². The molecule has 0 fully saturated rings. The molecule has 5 nitrogen and oxygen atoms in total. The van der Waals surface area contributed by atoms with Crippen molar-refractivity contribution in [2.75, 3.05) is 19.8 Å². The molecule has 2 aromatic heterocycles. The van der Waals surface area contributed by atoms with Gasteiger partial charge in [0.05, 0.1) is 15.8 Å². The average Bonchev–Trinajstić information content (AvgIpc) is 3.10. The van der Waals surface area contributed by atoms with Crippen molar-refractivity contribution in [3.8, 4) is 11.5 Å². The van der Waals surface area contributed by atoms with Crippen molar-refractivity contribution in [3.63, 3.8) is 0 Å². The molecule has 0 saturated carbocycles. The Labute approximate surface area is 160 Å². The van der Waals surface area contributed by atoms with Gasteiger partial charge >= 0.3 is 0 Å². The molecule has 3 aromatic rings. The van der Waals surface area contributed by atoms with Crippen LogP contribution in [0.3, 0.4) is 0 Å². The first kappa shape index (κ1) is 17.5. The third kappa shape index (κ3) is 3.50. The van der Waals surface area contributed by atoms with Gasteiger partial charge in [0, 0.05) is 29.9 Å². The van der Waals surface area contributed by atoms with E-state index in [-0.39, 0.29) is 6.04 Å². The van der Waals surface area contributed by atoms with Crippen LogP contribution in [0, 0.1) is 0 Å². The number of aromatic nitrogens is 1. The number of aliphatic hydroxyl groups is 1. The van der Waals surface area contributed by atoms with Crippen molar-refractivity contribution in [1.82, 2.24) is 10.3 Å². The van der Waals surface area contributed by atoms with Crippen molar-refractivity contribution >= 4 is 33.0 Å². The van der Waals surface area contributed by atoms with Crippen LogP contribution in [0.25, 0.3) is 10.1 Å². The van der Waals surface area contributed by atoms with Gasteiger partial charge in [-0.2, -0.15) is 0 Å². The quantitative estimate of drug-likeness (QED) is 0.686. The predicted molar refractivity (Wildman–Crippen MR) is 103 cm³/mol. The van der Waals surface area contributed by atoms with Crippen LogP contribution in [-0.4, -0.2) is 29.8 Å². The number of thiophene rings is 1. The summed E-state index contributed by atoms with van der Waals surface area (Å²) in [6.45, 7) is 3.46. The largest absolute Gasteiger partial charge is 0.486 e. The van der Waals surface area contributed by atoms with Crippen LogP contribution in [0.15, 0.2) is 36.7 Å².